The third kappa shape index (κ3) is 3.48. The molecule has 2 rings (SSSR count). The van der Waals surface area contributed by atoms with Crippen LogP contribution in [0.5, 0.6) is 0 Å². The molecule has 1 heterocycles. The SMILES string of the molecule is NC(=S)c1cc(COCC2CCOC2)ccc1F. The zero-order chi connectivity index (χ0) is 13.0. The third-order valence-electron chi connectivity index (χ3n) is 2.94. The lowest BCUT2D eigenvalue weighted by molar-refractivity contribution is 0.0791. The van der Waals surface area contributed by atoms with Gasteiger partial charge in [-0.25, -0.2) is 4.39 Å². The molecular weight excluding hydrogens is 253 g/mol. The van der Waals surface area contributed by atoms with Crippen molar-refractivity contribution in [1.29, 1.82) is 0 Å². The smallest absolute Gasteiger partial charge is 0.133 e. The molecule has 18 heavy (non-hydrogen) atoms. The summed E-state index contributed by atoms with van der Waals surface area (Å²) in [6, 6.07) is 4.69. The average Bonchev–Trinajstić information content (AvgIpc) is 2.84. The number of hydrogen-bond donors (Lipinski definition) is 1. The van der Waals surface area contributed by atoms with E-state index in [0.717, 1.165) is 25.2 Å². The number of halogens is 1. The van der Waals surface area contributed by atoms with Crippen molar-refractivity contribution < 1.29 is 13.9 Å². The minimum absolute atomic E-state index is 0.0681. The number of ether oxygens (including phenoxy) is 2. The lowest BCUT2D eigenvalue weighted by atomic mass is 10.1. The maximum atomic E-state index is 13.4. The Labute approximate surface area is 111 Å². The van der Waals surface area contributed by atoms with Crippen LogP contribution in [0.25, 0.3) is 0 Å². The number of nitrogens with two attached hydrogens (primary N) is 1. The van der Waals surface area contributed by atoms with Crippen LogP contribution < -0.4 is 5.73 Å². The van der Waals surface area contributed by atoms with Gasteiger partial charge in [0.15, 0.2) is 0 Å². The molecule has 0 amide bonds. The van der Waals surface area contributed by atoms with E-state index >= 15 is 0 Å². The topological polar surface area (TPSA) is 44.5 Å². The van der Waals surface area contributed by atoms with E-state index < -0.39 is 5.82 Å². The van der Waals surface area contributed by atoms with E-state index in [1.165, 1.54) is 6.07 Å². The molecule has 0 spiro atoms. The van der Waals surface area contributed by atoms with Crippen molar-refractivity contribution in [2.24, 2.45) is 11.7 Å². The molecule has 3 nitrogen and oxygen atoms in total. The van der Waals surface area contributed by atoms with Gasteiger partial charge in [-0.2, -0.15) is 0 Å². The molecule has 0 saturated carbocycles. The Morgan fingerprint density at radius 1 is 1.56 bits per heavy atom. The van der Waals surface area contributed by atoms with Crippen LogP contribution in [0.3, 0.4) is 0 Å². The Morgan fingerprint density at radius 3 is 3.06 bits per heavy atom. The fraction of sp³-hybridized carbons (Fsp3) is 0.462. The van der Waals surface area contributed by atoms with Crippen LogP contribution in [0.4, 0.5) is 4.39 Å². The van der Waals surface area contributed by atoms with E-state index in [0.29, 0.717) is 19.1 Å². The largest absolute Gasteiger partial charge is 0.389 e. The fourth-order valence-electron chi connectivity index (χ4n) is 1.91. The van der Waals surface area contributed by atoms with Crippen LogP contribution in [-0.4, -0.2) is 24.8 Å². The lowest BCUT2D eigenvalue weighted by Crippen LogP contribution is -2.13. The zero-order valence-electron chi connectivity index (χ0n) is 10.0. The molecule has 1 aliphatic rings. The predicted molar refractivity (Wildman–Crippen MR) is 70.9 cm³/mol. The van der Waals surface area contributed by atoms with Crippen LogP contribution in [0, 0.1) is 11.7 Å². The standard InChI is InChI=1S/C13H16FNO2S/c14-12-2-1-9(5-11(12)13(15)18)6-17-8-10-3-4-16-7-10/h1-2,5,10H,3-4,6-8H2,(H2,15,18). The highest BCUT2D eigenvalue weighted by molar-refractivity contribution is 7.80. The highest BCUT2D eigenvalue weighted by Gasteiger charge is 2.15. The summed E-state index contributed by atoms with van der Waals surface area (Å²) < 4.78 is 24.2. The van der Waals surface area contributed by atoms with Gasteiger partial charge in [-0.1, -0.05) is 18.3 Å². The number of hydrogen-bond acceptors (Lipinski definition) is 3. The van der Waals surface area contributed by atoms with Crippen molar-refractivity contribution in [3.63, 3.8) is 0 Å². The second kappa shape index (κ2) is 6.22. The average molecular weight is 269 g/mol. The van der Waals surface area contributed by atoms with Gasteiger partial charge in [0, 0.05) is 18.1 Å². The molecule has 1 fully saturated rings. The first-order valence-corrected chi connectivity index (χ1v) is 6.31. The van der Waals surface area contributed by atoms with Crippen LogP contribution in [0.1, 0.15) is 17.5 Å². The molecule has 0 aliphatic carbocycles. The summed E-state index contributed by atoms with van der Waals surface area (Å²) in [6.07, 6.45) is 1.04. The molecule has 1 unspecified atom stereocenters. The van der Waals surface area contributed by atoms with Crippen LogP contribution >= 0.6 is 12.2 Å². The van der Waals surface area contributed by atoms with Gasteiger partial charge in [0.1, 0.15) is 10.8 Å². The summed E-state index contributed by atoms with van der Waals surface area (Å²) in [6.45, 7) is 2.68. The summed E-state index contributed by atoms with van der Waals surface area (Å²) in [5.41, 5.74) is 6.59. The highest BCUT2D eigenvalue weighted by atomic mass is 32.1. The molecule has 2 N–H and O–H groups in total. The normalized spacial score (nSPS) is 19.1. The Kier molecular flexibility index (Phi) is 4.63. The molecule has 1 saturated heterocycles. The van der Waals surface area contributed by atoms with E-state index in [4.69, 9.17) is 27.4 Å². The van der Waals surface area contributed by atoms with Crippen LogP contribution in [-0.2, 0) is 16.1 Å². The van der Waals surface area contributed by atoms with Crippen LogP contribution in [0.2, 0.25) is 0 Å². The van der Waals surface area contributed by atoms with Gasteiger partial charge in [0.2, 0.25) is 0 Å². The zero-order valence-corrected chi connectivity index (χ0v) is 10.8. The van der Waals surface area contributed by atoms with Crippen molar-refractivity contribution in [2.45, 2.75) is 13.0 Å². The Bertz CT molecular complexity index is 433. The number of benzene rings is 1. The third-order valence-corrected chi connectivity index (χ3v) is 3.16. The Morgan fingerprint density at radius 2 is 2.39 bits per heavy atom. The summed E-state index contributed by atoms with van der Waals surface area (Å²) in [5, 5.41) is 0. The van der Waals surface area contributed by atoms with E-state index in [-0.39, 0.29) is 10.6 Å². The first-order valence-electron chi connectivity index (χ1n) is 5.90. The van der Waals surface area contributed by atoms with Crippen molar-refractivity contribution >= 4 is 17.2 Å². The predicted octanol–water partition coefficient (Wildman–Crippen LogP) is 2.01. The van der Waals surface area contributed by atoms with E-state index in [2.05, 4.69) is 0 Å². The first-order chi connectivity index (χ1) is 8.66. The molecule has 5 heteroatoms. The quantitative estimate of drug-likeness (QED) is 0.831. The second-order valence-corrected chi connectivity index (χ2v) is 4.86. The van der Waals surface area contributed by atoms with Gasteiger partial charge in [-0.3, -0.25) is 0 Å². The first kappa shape index (κ1) is 13.4. The van der Waals surface area contributed by atoms with E-state index in [9.17, 15) is 4.39 Å². The highest BCUT2D eigenvalue weighted by Crippen LogP contribution is 2.15. The minimum Gasteiger partial charge on any atom is -0.389 e. The molecule has 98 valence electrons. The summed E-state index contributed by atoms with van der Waals surface area (Å²) >= 11 is 4.79. The number of rotatable bonds is 5. The van der Waals surface area contributed by atoms with Crippen molar-refractivity contribution in [3.8, 4) is 0 Å². The van der Waals surface area contributed by atoms with Crippen LogP contribution in [0.15, 0.2) is 18.2 Å². The van der Waals surface area contributed by atoms with Gasteiger partial charge in [-0.05, 0) is 24.1 Å². The minimum atomic E-state index is -0.393. The Balaban J connectivity index is 1.88. The maximum Gasteiger partial charge on any atom is 0.133 e. The second-order valence-electron chi connectivity index (χ2n) is 4.42. The molecule has 0 bridgehead atoms. The molecule has 1 atom stereocenters. The van der Waals surface area contributed by atoms with Crippen molar-refractivity contribution in [2.75, 3.05) is 19.8 Å². The summed E-state index contributed by atoms with van der Waals surface area (Å²) in [7, 11) is 0. The Hall–Kier alpha value is -1.04. The lowest BCUT2D eigenvalue weighted by Gasteiger charge is -2.10. The monoisotopic (exact) mass is 269 g/mol. The van der Waals surface area contributed by atoms with E-state index in [1.807, 2.05) is 0 Å². The van der Waals surface area contributed by atoms with Gasteiger partial charge >= 0.3 is 0 Å². The maximum absolute atomic E-state index is 13.4. The fourth-order valence-corrected chi connectivity index (χ4v) is 2.07. The van der Waals surface area contributed by atoms with Gasteiger partial charge < -0.3 is 15.2 Å². The van der Waals surface area contributed by atoms with Gasteiger partial charge in [0.25, 0.3) is 0 Å². The van der Waals surface area contributed by atoms with Gasteiger partial charge in [0.05, 0.1) is 19.8 Å². The molecule has 0 aromatic heterocycles. The summed E-state index contributed by atoms with van der Waals surface area (Å²) in [4.78, 5) is 0.0681. The van der Waals surface area contributed by atoms with E-state index in [1.54, 1.807) is 12.1 Å². The summed E-state index contributed by atoms with van der Waals surface area (Å²) in [5.74, 6) is 0.0796. The molecule has 1 aromatic carbocycles. The van der Waals surface area contributed by atoms with Gasteiger partial charge in [-0.15, -0.1) is 0 Å². The number of thiocarbonyl (C=S) groups is 1. The molecular formula is C13H16FNO2S. The van der Waals surface area contributed by atoms with Crippen molar-refractivity contribution in [1.82, 2.24) is 0 Å². The van der Waals surface area contributed by atoms with Crippen molar-refractivity contribution in [3.05, 3.63) is 35.1 Å². The molecule has 1 aliphatic heterocycles. The molecule has 0 radical (unpaired) electrons. The molecule has 1 aromatic rings.